The Labute approximate surface area is 110 Å². The van der Waals surface area contributed by atoms with Gasteiger partial charge in [0.2, 0.25) is 0 Å². The molecule has 94 valence electrons. The quantitative estimate of drug-likeness (QED) is 0.359. The Morgan fingerprint density at radius 1 is 1.50 bits per heavy atom. The summed E-state index contributed by atoms with van der Waals surface area (Å²) in [5.74, 6) is 0.262. The molecular weight excluding hydrogens is 248 g/mol. The molecule has 5 heteroatoms. The maximum absolute atomic E-state index is 10.8. The van der Waals surface area contributed by atoms with Gasteiger partial charge in [0.1, 0.15) is 5.71 Å². The van der Waals surface area contributed by atoms with Gasteiger partial charge in [-0.1, -0.05) is 17.3 Å². The van der Waals surface area contributed by atoms with Crippen LogP contribution < -0.4 is 0 Å². The minimum absolute atomic E-state index is 0.126. The average Bonchev–Trinajstić information content (AvgIpc) is 2.34. The van der Waals surface area contributed by atoms with Crippen molar-refractivity contribution in [3.05, 3.63) is 35.4 Å². The summed E-state index contributed by atoms with van der Waals surface area (Å²) in [6, 6.07) is 9.20. The topological polar surface area (TPSA) is 62.4 Å². The summed E-state index contributed by atoms with van der Waals surface area (Å²) in [4.78, 5) is 15.5. The Hall–Kier alpha value is -1.80. The highest BCUT2D eigenvalue weighted by molar-refractivity contribution is 7.96. The minimum atomic E-state index is -0.448. The number of oxime groups is 1. The number of benzene rings is 1. The zero-order valence-electron chi connectivity index (χ0n) is 10.6. The standard InChI is InChI=1S/C13H15N2O2S/c1-10(16)17-15-13(9-18(2)3)12-6-4-5-11(7-12)8-14/h4-7H,9H2,1-3H3/q+1. The first-order chi connectivity index (χ1) is 8.52. The van der Waals surface area contributed by atoms with Crippen molar-refractivity contribution in [1.82, 2.24) is 0 Å². The maximum Gasteiger partial charge on any atom is 0.331 e. The summed E-state index contributed by atoms with van der Waals surface area (Å²) >= 11 is 0. The summed E-state index contributed by atoms with van der Waals surface area (Å²) in [7, 11) is 0.126. The molecule has 0 aromatic heterocycles. The van der Waals surface area contributed by atoms with E-state index in [1.165, 1.54) is 6.92 Å². The van der Waals surface area contributed by atoms with Crippen molar-refractivity contribution in [2.24, 2.45) is 5.16 Å². The van der Waals surface area contributed by atoms with E-state index in [1.807, 2.05) is 6.07 Å². The third-order valence-corrected chi connectivity index (χ3v) is 2.89. The number of rotatable bonds is 4. The van der Waals surface area contributed by atoms with Gasteiger partial charge in [0, 0.05) is 12.5 Å². The summed E-state index contributed by atoms with van der Waals surface area (Å²) in [6.45, 7) is 1.31. The molecule has 0 N–H and O–H groups in total. The largest absolute Gasteiger partial charge is 0.331 e. The zero-order chi connectivity index (χ0) is 13.5. The molecule has 4 nitrogen and oxygen atoms in total. The molecular formula is C13H15N2O2S+. The lowest BCUT2D eigenvalue weighted by atomic mass is 10.1. The number of carbonyl (C=O) groups is 1. The van der Waals surface area contributed by atoms with Crippen molar-refractivity contribution >= 4 is 22.6 Å². The molecule has 0 saturated carbocycles. The molecule has 1 aromatic rings. The minimum Gasteiger partial charge on any atom is -0.318 e. The van der Waals surface area contributed by atoms with Gasteiger partial charge in [-0.15, -0.1) is 0 Å². The fraction of sp³-hybridized carbons (Fsp3) is 0.308. The van der Waals surface area contributed by atoms with Crippen LogP contribution in [0.3, 0.4) is 0 Å². The van der Waals surface area contributed by atoms with Gasteiger partial charge in [-0.05, 0) is 23.0 Å². The summed E-state index contributed by atoms with van der Waals surface area (Å²) in [5.41, 5.74) is 2.07. The molecule has 0 atom stereocenters. The van der Waals surface area contributed by atoms with E-state index in [0.717, 1.165) is 5.56 Å². The van der Waals surface area contributed by atoms with Crippen molar-refractivity contribution in [3.8, 4) is 6.07 Å². The van der Waals surface area contributed by atoms with Gasteiger partial charge in [-0.25, -0.2) is 4.79 Å². The molecule has 0 aliphatic heterocycles. The Balaban J connectivity index is 3.05. The summed E-state index contributed by atoms with van der Waals surface area (Å²) in [5, 5.41) is 12.7. The lowest BCUT2D eigenvalue weighted by Gasteiger charge is -2.04. The van der Waals surface area contributed by atoms with E-state index in [0.29, 0.717) is 17.0 Å². The first kappa shape index (κ1) is 14.3. The predicted molar refractivity (Wildman–Crippen MR) is 73.5 cm³/mol. The molecule has 0 unspecified atom stereocenters. The van der Waals surface area contributed by atoms with Crippen molar-refractivity contribution in [3.63, 3.8) is 0 Å². The Bertz CT molecular complexity index is 504. The first-order valence-electron chi connectivity index (χ1n) is 5.32. The van der Waals surface area contributed by atoms with Gasteiger partial charge >= 0.3 is 5.97 Å². The number of hydrogen-bond donors (Lipinski definition) is 0. The van der Waals surface area contributed by atoms with Crippen molar-refractivity contribution in [2.45, 2.75) is 6.92 Å². The lowest BCUT2D eigenvalue weighted by Crippen LogP contribution is -2.16. The molecule has 0 aliphatic carbocycles. The van der Waals surface area contributed by atoms with Crippen LogP contribution in [0, 0.1) is 11.3 Å². The first-order valence-corrected chi connectivity index (χ1v) is 7.53. The van der Waals surface area contributed by atoms with Crippen LogP contribution in [-0.4, -0.2) is 29.9 Å². The molecule has 0 aliphatic rings. The molecule has 0 saturated heterocycles. The van der Waals surface area contributed by atoms with Gasteiger partial charge in [-0.3, -0.25) is 0 Å². The molecule has 0 fully saturated rings. The SMILES string of the molecule is CC(=O)ON=C(C[S+](C)C)c1cccc(C#N)c1. The van der Waals surface area contributed by atoms with Crippen molar-refractivity contribution < 1.29 is 9.63 Å². The van der Waals surface area contributed by atoms with Crippen molar-refractivity contribution in [2.75, 3.05) is 18.3 Å². The number of hydrogen-bond acceptors (Lipinski definition) is 4. The Kier molecular flexibility index (Phi) is 5.40. The van der Waals surface area contributed by atoms with Crippen molar-refractivity contribution in [1.29, 1.82) is 5.26 Å². The van der Waals surface area contributed by atoms with Crippen LogP contribution in [-0.2, 0) is 20.5 Å². The number of nitriles is 1. The van der Waals surface area contributed by atoms with E-state index in [-0.39, 0.29) is 10.9 Å². The van der Waals surface area contributed by atoms with E-state index < -0.39 is 5.97 Å². The zero-order valence-corrected chi connectivity index (χ0v) is 11.5. The molecule has 0 spiro atoms. The monoisotopic (exact) mass is 263 g/mol. The van der Waals surface area contributed by atoms with Crippen LogP contribution in [0.2, 0.25) is 0 Å². The fourth-order valence-corrected chi connectivity index (χ4v) is 2.09. The second-order valence-electron chi connectivity index (χ2n) is 3.94. The van der Waals surface area contributed by atoms with Crippen LogP contribution in [0.5, 0.6) is 0 Å². The smallest absolute Gasteiger partial charge is 0.318 e. The van der Waals surface area contributed by atoms with Gasteiger partial charge in [0.25, 0.3) is 0 Å². The maximum atomic E-state index is 10.8. The predicted octanol–water partition coefficient (Wildman–Crippen LogP) is 1.70. The van der Waals surface area contributed by atoms with Gasteiger partial charge < -0.3 is 4.84 Å². The van der Waals surface area contributed by atoms with Gasteiger partial charge in [0.05, 0.1) is 24.1 Å². The third-order valence-electron chi connectivity index (χ3n) is 2.03. The molecule has 0 heterocycles. The van der Waals surface area contributed by atoms with E-state index in [9.17, 15) is 4.79 Å². The highest BCUT2D eigenvalue weighted by Gasteiger charge is 2.14. The second-order valence-corrected chi connectivity index (χ2v) is 6.20. The van der Waals surface area contributed by atoms with E-state index in [1.54, 1.807) is 18.2 Å². The summed E-state index contributed by atoms with van der Waals surface area (Å²) in [6.07, 6.45) is 4.16. The molecule has 1 rings (SSSR count). The highest BCUT2D eigenvalue weighted by atomic mass is 32.2. The normalized spacial score (nSPS) is 11.2. The van der Waals surface area contributed by atoms with Crippen LogP contribution in [0.15, 0.2) is 29.4 Å². The molecule has 18 heavy (non-hydrogen) atoms. The second kappa shape index (κ2) is 6.82. The highest BCUT2D eigenvalue weighted by Crippen LogP contribution is 2.08. The van der Waals surface area contributed by atoms with Crippen LogP contribution in [0.4, 0.5) is 0 Å². The van der Waals surface area contributed by atoms with Gasteiger partial charge in [-0.2, -0.15) is 5.26 Å². The average molecular weight is 263 g/mol. The Morgan fingerprint density at radius 3 is 2.78 bits per heavy atom. The third kappa shape index (κ3) is 4.60. The van der Waals surface area contributed by atoms with Crippen LogP contribution in [0.25, 0.3) is 0 Å². The molecule has 0 amide bonds. The fourth-order valence-electron chi connectivity index (χ4n) is 1.32. The Morgan fingerprint density at radius 2 is 2.22 bits per heavy atom. The lowest BCUT2D eigenvalue weighted by molar-refractivity contribution is -0.140. The van der Waals surface area contributed by atoms with Crippen LogP contribution >= 0.6 is 0 Å². The molecule has 0 radical (unpaired) electrons. The summed E-state index contributed by atoms with van der Waals surface area (Å²) < 4.78 is 0. The van der Waals surface area contributed by atoms with Crippen LogP contribution in [0.1, 0.15) is 18.1 Å². The number of nitrogens with zero attached hydrogens (tertiary/aromatic N) is 2. The van der Waals surface area contributed by atoms with E-state index >= 15 is 0 Å². The van der Waals surface area contributed by atoms with E-state index in [4.69, 9.17) is 10.1 Å². The number of carbonyl (C=O) groups excluding carboxylic acids is 1. The molecule has 0 bridgehead atoms. The van der Waals surface area contributed by atoms with E-state index in [2.05, 4.69) is 23.7 Å². The molecule has 1 aromatic carbocycles. The van der Waals surface area contributed by atoms with Gasteiger partial charge in [0.15, 0.2) is 5.75 Å².